The Balaban J connectivity index is 2.71. The van der Waals surface area contributed by atoms with E-state index >= 15 is 0 Å². The molecule has 1 aliphatic rings. The van der Waals surface area contributed by atoms with Gasteiger partial charge in [0.2, 0.25) is 11.8 Å². The van der Waals surface area contributed by atoms with Gasteiger partial charge in [-0.2, -0.15) is 0 Å². The van der Waals surface area contributed by atoms with Crippen LogP contribution < -0.4 is 10.6 Å². The van der Waals surface area contributed by atoms with Crippen molar-refractivity contribution < 1.29 is 9.59 Å². The molecule has 0 aromatic heterocycles. The summed E-state index contributed by atoms with van der Waals surface area (Å²) in [6.45, 7) is 9.54. The maximum atomic E-state index is 11.6. The van der Waals surface area contributed by atoms with Gasteiger partial charge in [-0.15, -0.1) is 0 Å². The Labute approximate surface area is 101 Å². The molecule has 1 saturated heterocycles. The zero-order chi connectivity index (χ0) is 12.8. The molecule has 2 N–H and O–H groups in total. The van der Waals surface area contributed by atoms with Crippen molar-refractivity contribution in [1.82, 2.24) is 10.6 Å². The fraction of sp³-hybridized carbons (Fsp3) is 0.385. The van der Waals surface area contributed by atoms with Gasteiger partial charge in [-0.05, 0) is 24.5 Å². The van der Waals surface area contributed by atoms with Gasteiger partial charge in [0.25, 0.3) is 0 Å². The topological polar surface area (TPSA) is 58.2 Å². The minimum Gasteiger partial charge on any atom is -0.373 e. The summed E-state index contributed by atoms with van der Waals surface area (Å²) in [6.07, 6.45) is 5.10. The van der Waals surface area contributed by atoms with E-state index in [0.29, 0.717) is 12.8 Å². The largest absolute Gasteiger partial charge is 0.373 e. The van der Waals surface area contributed by atoms with Crippen molar-refractivity contribution in [1.29, 1.82) is 0 Å². The molecule has 1 rings (SSSR count). The van der Waals surface area contributed by atoms with Gasteiger partial charge in [-0.1, -0.05) is 26.2 Å². The fourth-order valence-electron chi connectivity index (χ4n) is 1.60. The molecule has 0 aromatic rings. The number of piperidine rings is 1. The molecule has 4 nitrogen and oxygen atoms in total. The van der Waals surface area contributed by atoms with Gasteiger partial charge in [-0.3, -0.25) is 14.9 Å². The van der Waals surface area contributed by atoms with E-state index < -0.39 is 0 Å². The van der Waals surface area contributed by atoms with E-state index in [1.165, 1.54) is 0 Å². The van der Waals surface area contributed by atoms with Crippen molar-refractivity contribution in [3.63, 3.8) is 0 Å². The molecule has 0 aromatic carbocycles. The van der Waals surface area contributed by atoms with Crippen LogP contribution in [-0.4, -0.2) is 17.9 Å². The van der Waals surface area contributed by atoms with E-state index in [4.69, 9.17) is 0 Å². The number of nitrogens with one attached hydrogen (secondary N) is 2. The smallest absolute Gasteiger partial charge is 0.249 e. The first kappa shape index (κ1) is 13.2. The number of rotatable bonds is 5. The van der Waals surface area contributed by atoms with E-state index in [9.17, 15) is 9.59 Å². The molecule has 17 heavy (non-hydrogen) atoms. The van der Waals surface area contributed by atoms with E-state index in [-0.39, 0.29) is 17.9 Å². The number of amides is 2. The van der Waals surface area contributed by atoms with Gasteiger partial charge < -0.3 is 5.32 Å². The van der Waals surface area contributed by atoms with Crippen LogP contribution in [0.25, 0.3) is 0 Å². The lowest BCUT2D eigenvalue weighted by Gasteiger charge is -2.24. The van der Waals surface area contributed by atoms with Crippen molar-refractivity contribution in [2.45, 2.75) is 32.2 Å². The summed E-state index contributed by atoms with van der Waals surface area (Å²) in [6, 6.07) is -0.373. The standard InChI is InChI=1S/C13H18N2O2/c1-4-6-10(9(3)5-2)14-11-7-8-12(16)15-13(11)17/h4,6,11,14H,1,3,5,7-8H2,2H3,(H,15,16,17)/b10-6+. The van der Waals surface area contributed by atoms with Crippen LogP contribution in [0.4, 0.5) is 0 Å². The van der Waals surface area contributed by atoms with E-state index in [0.717, 1.165) is 17.7 Å². The second-order valence-electron chi connectivity index (χ2n) is 3.92. The molecule has 0 radical (unpaired) electrons. The van der Waals surface area contributed by atoms with Gasteiger partial charge in [0.1, 0.15) is 6.04 Å². The summed E-state index contributed by atoms with van der Waals surface area (Å²) in [5.74, 6) is -0.489. The van der Waals surface area contributed by atoms with Crippen molar-refractivity contribution in [3.05, 3.63) is 36.6 Å². The fourth-order valence-corrected chi connectivity index (χ4v) is 1.60. The van der Waals surface area contributed by atoms with E-state index in [1.807, 2.05) is 6.92 Å². The van der Waals surface area contributed by atoms with Crippen LogP contribution in [0.15, 0.2) is 36.6 Å². The third-order valence-corrected chi connectivity index (χ3v) is 2.66. The summed E-state index contributed by atoms with van der Waals surface area (Å²) in [7, 11) is 0. The van der Waals surface area contributed by atoms with Crippen molar-refractivity contribution in [3.8, 4) is 0 Å². The average Bonchev–Trinajstić information content (AvgIpc) is 2.30. The Bertz CT molecular complexity index is 383. The van der Waals surface area contributed by atoms with Crippen LogP contribution >= 0.6 is 0 Å². The zero-order valence-electron chi connectivity index (χ0n) is 10.1. The SMILES string of the molecule is C=C/C=C(/NC1CCC(=O)NC1=O)C(=C)CC. The second kappa shape index (κ2) is 6.03. The highest BCUT2D eigenvalue weighted by atomic mass is 16.2. The Hall–Kier alpha value is -1.84. The molecule has 4 heteroatoms. The molecule has 0 saturated carbocycles. The normalized spacial score (nSPS) is 20.8. The average molecular weight is 234 g/mol. The van der Waals surface area contributed by atoms with Gasteiger partial charge in [-0.25, -0.2) is 0 Å². The molecule has 1 fully saturated rings. The second-order valence-corrected chi connectivity index (χ2v) is 3.92. The number of imide groups is 1. The lowest BCUT2D eigenvalue weighted by molar-refractivity contribution is -0.134. The van der Waals surface area contributed by atoms with Gasteiger partial charge in [0.15, 0.2) is 0 Å². The molecular formula is C13H18N2O2. The van der Waals surface area contributed by atoms with Crippen LogP contribution in [-0.2, 0) is 9.59 Å². The molecule has 1 unspecified atom stereocenters. The number of carbonyl (C=O) groups excluding carboxylic acids is 2. The molecule has 2 amide bonds. The molecule has 1 heterocycles. The van der Waals surface area contributed by atoms with Crippen LogP contribution in [0.5, 0.6) is 0 Å². The molecule has 1 aliphatic heterocycles. The first-order valence-corrected chi connectivity index (χ1v) is 5.69. The van der Waals surface area contributed by atoms with Crippen molar-refractivity contribution in [2.75, 3.05) is 0 Å². The molecular weight excluding hydrogens is 216 g/mol. The highest BCUT2D eigenvalue weighted by molar-refractivity contribution is 6.00. The molecule has 0 spiro atoms. The molecule has 1 atom stereocenters. The number of hydrogen-bond donors (Lipinski definition) is 2. The highest BCUT2D eigenvalue weighted by Gasteiger charge is 2.26. The quantitative estimate of drug-likeness (QED) is 0.558. The van der Waals surface area contributed by atoms with Crippen molar-refractivity contribution >= 4 is 11.8 Å². The third kappa shape index (κ3) is 3.59. The first-order chi connectivity index (χ1) is 8.08. The van der Waals surface area contributed by atoms with Gasteiger partial charge >= 0.3 is 0 Å². The lowest BCUT2D eigenvalue weighted by Crippen LogP contribution is -2.50. The van der Waals surface area contributed by atoms with E-state index in [2.05, 4.69) is 23.8 Å². The maximum absolute atomic E-state index is 11.6. The maximum Gasteiger partial charge on any atom is 0.249 e. The van der Waals surface area contributed by atoms with Gasteiger partial charge in [0, 0.05) is 12.1 Å². The first-order valence-electron chi connectivity index (χ1n) is 5.69. The van der Waals surface area contributed by atoms with Crippen molar-refractivity contribution in [2.24, 2.45) is 0 Å². The van der Waals surface area contributed by atoms with E-state index in [1.54, 1.807) is 12.2 Å². The van der Waals surface area contributed by atoms with Gasteiger partial charge in [0.05, 0.1) is 0 Å². The number of hydrogen-bond acceptors (Lipinski definition) is 3. The number of allylic oxidation sites excluding steroid dienone is 3. The minimum atomic E-state index is -0.373. The highest BCUT2D eigenvalue weighted by Crippen LogP contribution is 2.13. The van der Waals surface area contributed by atoms with Crippen LogP contribution in [0.1, 0.15) is 26.2 Å². The minimum absolute atomic E-state index is 0.211. The zero-order valence-corrected chi connectivity index (χ0v) is 10.1. The Kier molecular flexibility index (Phi) is 4.69. The molecule has 0 bridgehead atoms. The Morgan fingerprint density at radius 2 is 2.29 bits per heavy atom. The number of carbonyl (C=O) groups is 2. The third-order valence-electron chi connectivity index (χ3n) is 2.66. The predicted octanol–water partition coefficient (Wildman–Crippen LogP) is 1.42. The Morgan fingerprint density at radius 3 is 2.82 bits per heavy atom. The molecule has 0 aliphatic carbocycles. The lowest BCUT2D eigenvalue weighted by atomic mass is 10.0. The molecule has 92 valence electrons. The summed E-state index contributed by atoms with van der Waals surface area (Å²) >= 11 is 0. The van der Waals surface area contributed by atoms with Crippen LogP contribution in [0.2, 0.25) is 0 Å². The summed E-state index contributed by atoms with van der Waals surface area (Å²) in [4.78, 5) is 22.6. The monoisotopic (exact) mass is 234 g/mol. The Morgan fingerprint density at radius 1 is 1.59 bits per heavy atom. The van der Waals surface area contributed by atoms with Crippen LogP contribution in [0.3, 0.4) is 0 Å². The summed E-state index contributed by atoms with van der Waals surface area (Å²) in [5.41, 5.74) is 1.71. The summed E-state index contributed by atoms with van der Waals surface area (Å²) in [5, 5.41) is 5.41. The van der Waals surface area contributed by atoms with Crippen LogP contribution in [0, 0.1) is 0 Å². The summed E-state index contributed by atoms with van der Waals surface area (Å²) < 4.78 is 0. The predicted molar refractivity (Wildman–Crippen MR) is 67.0 cm³/mol.